The summed E-state index contributed by atoms with van der Waals surface area (Å²) in [7, 11) is 0. The molecule has 1 unspecified atom stereocenters. The zero-order valence-corrected chi connectivity index (χ0v) is 11.6. The van der Waals surface area contributed by atoms with Crippen LogP contribution < -0.4 is 0 Å². The van der Waals surface area contributed by atoms with Crippen LogP contribution in [-0.2, 0) is 14.4 Å². The fraction of sp³-hybridized carbons (Fsp3) is 0.308. The molecule has 1 N–H and O–H groups in total. The molecule has 1 aromatic rings. The molecular weight excluding hydrogens is 314 g/mol. The highest BCUT2D eigenvalue weighted by Gasteiger charge is 2.34. The Bertz CT molecular complexity index is 543. The van der Waals surface area contributed by atoms with Crippen LogP contribution in [0.1, 0.15) is 24.4 Å². The van der Waals surface area contributed by atoms with Gasteiger partial charge >= 0.3 is 5.97 Å². The number of hydrogen-bond acceptors (Lipinski definition) is 3. The maximum absolute atomic E-state index is 11.8. The number of halogens is 1. The van der Waals surface area contributed by atoms with Crippen LogP contribution in [0, 0.1) is 0 Å². The van der Waals surface area contributed by atoms with Crippen LogP contribution >= 0.6 is 15.9 Å². The summed E-state index contributed by atoms with van der Waals surface area (Å²) in [6.07, 6.45) is -0.348. The average molecular weight is 326 g/mol. The Hall–Kier alpha value is -1.69. The van der Waals surface area contributed by atoms with Crippen LogP contribution in [0.5, 0.6) is 0 Å². The lowest BCUT2D eigenvalue weighted by atomic mass is 10.0. The van der Waals surface area contributed by atoms with Gasteiger partial charge in [-0.1, -0.05) is 28.1 Å². The summed E-state index contributed by atoms with van der Waals surface area (Å²) >= 11 is 3.31. The maximum Gasteiger partial charge on any atom is 0.305 e. The third-order valence-corrected chi connectivity index (χ3v) is 3.49. The lowest BCUT2D eigenvalue weighted by Crippen LogP contribution is -2.32. The highest BCUT2D eigenvalue weighted by atomic mass is 79.9. The number of carboxylic acid groups (broad SMARTS) is 1. The quantitative estimate of drug-likeness (QED) is 0.856. The van der Waals surface area contributed by atoms with Gasteiger partial charge in [-0.15, -0.1) is 0 Å². The van der Waals surface area contributed by atoms with Crippen molar-refractivity contribution in [3.8, 4) is 0 Å². The summed E-state index contributed by atoms with van der Waals surface area (Å²) in [6.45, 7) is -0.0106. The second-order valence-corrected chi connectivity index (χ2v) is 5.32. The van der Waals surface area contributed by atoms with E-state index in [2.05, 4.69) is 15.9 Å². The third-order valence-electron chi connectivity index (χ3n) is 2.99. The number of rotatable bonds is 4. The Morgan fingerprint density at radius 1 is 1.42 bits per heavy atom. The number of hydrogen-bond donors (Lipinski definition) is 1. The van der Waals surface area contributed by atoms with E-state index in [-0.39, 0.29) is 31.1 Å². The van der Waals surface area contributed by atoms with Gasteiger partial charge in [0.2, 0.25) is 5.91 Å². The number of amides is 1. The van der Waals surface area contributed by atoms with Crippen molar-refractivity contribution in [2.75, 3.05) is 6.54 Å². The number of carboxylic acids is 1. The normalized spacial score (nSPS) is 16.8. The first kappa shape index (κ1) is 13.7. The Kier molecular flexibility index (Phi) is 3.99. The van der Waals surface area contributed by atoms with E-state index in [1.807, 2.05) is 6.07 Å². The van der Waals surface area contributed by atoms with Crippen molar-refractivity contribution in [1.82, 2.24) is 4.90 Å². The predicted octanol–water partition coefficient (Wildman–Crippen LogP) is 1.77. The standard InChI is InChI=1S/C13H12BrNO4/c14-9-3-1-2-8(4-9)11(6-13(18)19)15-7-10(16)5-12(15)17/h1-4,11H,5-7H2,(H,18,19). The molecule has 0 radical (unpaired) electrons. The monoisotopic (exact) mass is 325 g/mol. The van der Waals surface area contributed by atoms with Crippen LogP contribution in [0.25, 0.3) is 0 Å². The smallest absolute Gasteiger partial charge is 0.305 e. The molecular formula is C13H12BrNO4. The van der Waals surface area contributed by atoms with Gasteiger partial charge in [0.1, 0.15) is 0 Å². The molecule has 5 nitrogen and oxygen atoms in total. The van der Waals surface area contributed by atoms with Crippen molar-refractivity contribution >= 4 is 33.6 Å². The maximum atomic E-state index is 11.8. The van der Waals surface area contributed by atoms with E-state index in [1.165, 1.54) is 4.90 Å². The minimum absolute atomic E-state index is 0.0106. The molecule has 0 spiro atoms. The predicted molar refractivity (Wildman–Crippen MR) is 70.5 cm³/mol. The number of carbonyl (C=O) groups is 3. The fourth-order valence-corrected chi connectivity index (χ4v) is 2.59. The molecule has 1 aliphatic rings. The topological polar surface area (TPSA) is 74.7 Å². The van der Waals surface area contributed by atoms with Crippen molar-refractivity contribution in [1.29, 1.82) is 0 Å². The van der Waals surface area contributed by atoms with Crippen molar-refractivity contribution in [2.45, 2.75) is 18.9 Å². The Morgan fingerprint density at radius 2 is 2.16 bits per heavy atom. The van der Waals surface area contributed by atoms with E-state index in [9.17, 15) is 14.4 Å². The summed E-state index contributed by atoms with van der Waals surface area (Å²) in [5, 5.41) is 8.99. The van der Waals surface area contributed by atoms with Crippen molar-refractivity contribution < 1.29 is 19.5 Å². The zero-order chi connectivity index (χ0) is 14.0. The largest absolute Gasteiger partial charge is 0.481 e. The molecule has 1 fully saturated rings. The summed E-state index contributed by atoms with van der Waals surface area (Å²) < 4.78 is 0.804. The van der Waals surface area contributed by atoms with Crippen LogP contribution in [0.3, 0.4) is 0 Å². The molecule has 1 heterocycles. The summed E-state index contributed by atoms with van der Waals surface area (Å²) in [6, 6.07) is 6.52. The Labute approximate surface area is 118 Å². The molecule has 0 bridgehead atoms. The van der Waals surface area contributed by atoms with Gasteiger partial charge in [-0.05, 0) is 17.7 Å². The molecule has 1 atom stereocenters. The molecule has 2 rings (SSSR count). The highest BCUT2D eigenvalue weighted by Crippen LogP contribution is 2.29. The number of nitrogens with zero attached hydrogens (tertiary/aromatic N) is 1. The van der Waals surface area contributed by atoms with Gasteiger partial charge in [-0.3, -0.25) is 14.4 Å². The number of aliphatic carboxylic acids is 1. The number of carbonyl (C=O) groups excluding carboxylic acids is 2. The van der Waals surface area contributed by atoms with Crippen LogP contribution in [0.15, 0.2) is 28.7 Å². The van der Waals surface area contributed by atoms with Gasteiger partial charge in [-0.2, -0.15) is 0 Å². The van der Waals surface area contributed by atoms with E-state index in [0.717, 1.165) is 4.47 Å². The van der Waals surface area contributed by atoms with Crippen LogP contribution in [0.2, 0.25) is 0 Å². The van der Waals surface area contributed by atoms with Gasteiger partial charge < -0.3 is 10.0 Å². The van der Waals surface area contributed by atoms with Crippen molar-refractivity contribution in [3.05, 3.63) is 34.3 Å². The number of benzene rings is 1. The van der Waals surface area contributed by atoms with Gasteiger partial charge in [0, 0.05) is 4.47 Å². The second kappa shape index (κ2) is 5.52. The molecule has 0 aromatic heterocycles. The van der Waals surface area contributed by atoms with Crippen molar-refractivity contribution in [2.24, 2.45) is 0 Å². The number of ketones is 1. The summed E-state index contributed by atoms with van der Waals surface area (Å²) in [5.74, 6) is -1.48. The first-order chi connectivity index (χ1) is 8.97. The van der Waals surface area contributed by atoms with Gasteiger partial charge in [0.05, 0.1) is 25.4 Å². The molecule has 1 amide bonds. The fourth-order valence-electron chi connectivity index (χ4n) is 2.18. The molecule has 6 heteroatoms. The van der Waals surface area contributed by atoms with E-state index in [1.54, 1.807) is 18.2 Å². The molecule has 1 aliphatic heterocycles. The highest BCUT2D eigenvalue weighted by molar-refractivity contribution is 9.10. The molecule has 100 valence electrons. The Morgan fingerprint density at radius 3 is 2.68 bits per heavy atom. The van der Waals surface area contributed by atoms with E-state index in [4.69, 9.17) is 5.11 Å². The van der Waals surface area contributed by atoms with Crippen LogP contribution in [-0.4, -0.2) is 34.2 Å². The Balaban J connectivity index is 2.33. The molecule has 1 saturated heterocycles. The van der Waals surface area contributed by atoms with Gasteiger partial charge in [-0.25, -0.2) is 0 Å². The minimum Gasteiger partial charge on any atom is -0.481 e. The lowest BCUT2D eigenvalue weighted by molar-refractivity contribution is -0.140. The molecule has 0 saturated carbocycles. The zero-order valence-electron chi connectivity index (χ0n) is 10.0. The minimum atomic E-state index is -1.00. The van der Waals surface area contributed by atoms with Crippen LogP contribution in [0.4, 0.5) is 0 Å². The number of Topliss-reactive ketones (excluding diaryl/α,β-unsaturated/α-hetero) is 1. The van der Waals surface area contributed by atoms with Crippen molar-refractivity contribution in [3.63, 3.8) is 0 Å². The SMILES string of the molecule is O=C(O)CC(c1cccc(Br)c1)N1CC(=O)CC1=O. The van der Waals surface area contributed by atoms with Gasteiger partial charge in [0.15, 0.2) is 5.78 Å². The third kappa shape index (κ3) is 3.20. The lowest BCUT2D eigenvalue weighted by Gasteiger charge is -2.26. The second-order valence-electron chi connectivity index (χ2n) is 4.41. The molecule has 0 aliphatic carbocycles. The average Bonchev–Trinajstić information content (AvgIpc) is 2.65. The van der Waals surface area contributed by atoms with E-state index >= 15 is 0 Å². The van der Waals surface area contributed by atoms with E-state index < -0.39 is 12.0 Å². The first-order valence-corrected chi connectivity index (χ1v) is 6.55. The van der Waals surface area contributed by atoms with E-state index in [0.29, 0.717) is 5.56 Å². The summed E-state index contributed by atoms with van der Waals surface area (Å²) in [4.78, 5) is 35.4. The molecule has 19 heavy (non-hydrogen) atoms. The summed E-state index contributed by atoms with van der Waals surface area (Å²) in [5.41, 5.74) is 0.708. The van der Waals surface area contributed by atoms with Gasteiger partial charge in [0.25, 0.3) is 0 Å². The molecule has 1 aromatic carbocycles. The number of likely N-dealkylation sites (tertiary alicyclic amines) is 1. The first-order valence-electron chi connectivity index (χ1n) is 5.76.